The summed E-state index contributed by atoms with van der Waals surface area (Å²) in [6, 6.07) is 18.3. The van der Waals surface area contributed by atoms with Crippen LogP contribution in [0.2, 0.25) is 0 Å². The highest BCUT2D eigenvalue weighted by Crippen LogP contribution is 2.37. The van der Waals surface area contributed by atoms with Gasteiger partial charge in [0.05, 0.1) is 37.5 Å². The van der Waals surface area contributed by atoms with E-state index in [1.54, 1.807) is 18.7 Å². The zero-order valence-electron chi connectivity index (χ0n) is 23.7. The number of aromatic nitrogens is 3. The monoisotopic (exact) mass is 553 g/mol. The second kappa shape index (κ2) is 10.6. The minimum atomic E-state index is 0.191. The molecular weight excluding hydrogens is 518 g/mol. The predicted molar refractivity (Wildman–Crippen MR) is 158 cm³/mol. The van der Waals surface area contributed by atoms with E-state index >= 15 is 0 Å². The van der Waals surface area contributed by atoms with E-state index < -0.39 is 0 Å². The highest BCUT2D eigenvalue weighted by atomic mass is 16.5. The molecule has 0 bridgehead atoms. The molecule has 1 atom stereocenters. The van der Waals surface area contributed by atoms with Gasteiger partial charge in [-0.2, -0.15) is 5.10 Å². The number of furan rings is 1. The number of benzene rings is 2. The maximum atomic E-state index is 6.62. The van der Waals surface area contributed by atoms with E-state index in [1.165, 1.54) is 25.1 Å². The molecule has 2 aliphatic rings. The van der Waals surface area contributed by atoms with Crippen molar-refractivity contribution in [2.24, 2.45) is 5.92 Å². The van der Waals surface area contributed by atoms with Crippen LogP contribution in [0.4, 0.5) is 5.69 Å². The van der Waals surface area contributed by atoms with Crippen molar-refractivity contribution in [3.63, 3.8) is 0 Å². The van der Waals surface area contributed by atoms with Gasteiger partial charge in [-0.05, 0) is 68.1 Å². The fraction of sp³-hybridized carbons (Fsp3) is 0.375. The number of hydrogen-bond donors (Lipinski definition) is 0. The molecule has 212 valence electrons. The first-order chi connectivity index (χ1) is 20.1. The highest BCUT2D eigenvalue weighted by Gasteiger charge is 2.32. The Morgan fingerprint density at radius 2 is 1.78 bits per heavy atom. The Hall–Kier alpha value is -4.24. The molecule has 4 heterocycles. The molecule has 9 heteroatoms. The Bertz CT molecular complexity index is 1670. The van der Waals surface area contributed by atoms with Gasteiger partial charge in [0.1, 0.15) is 35.1 Å². The number of piperazine rings is 1. The minimum absolute atomic E-state index is 0.191. The number of methoxy groups -OCH3 is 2. The van der Waals surface area contributed by atoms with Gasteiger partial charge < -0.3 is 23.5 Å². The molecule has 3 aromatic heterocycles. The summed E-state index contributed by atoms with van der Waals surface area (Å²) in [6.07, 6.45) is 4.60. The zero-order valence-corrected chi connectivity index (χ0v) is 23.7. The normalized spacial score (nSPS) is 17.8. The number of aryl methyl sites for hydroxylation is 1. The molecule has 7 rings (SSSR count). The summed E-state index contributed by atoms with van der Waals surface area (Å²) >= 11 is 0. The van der Waals surface area contributed by atoms with Crippen molar-refractivity contribution in [2.45, 2.75) is 25.8 Å². The van der Waals surface area contributed by atoms with Crippen LogP contribution in [0.1, 0.15) is 18.5 Å². The van der Waals surface area contributed by atoms with E-state index in [9.17, 15) is 0 Å². The van der Waals surface area contributed by atoms with E-state index in [2.05, 4.69) is 27.0 Å². The lowest BCUT2D eigenvalue weighted by Crippen LogP contribution is -2.56. The second-order valence-corrected chi connectivity index (χ2v) is 11.1. The molecule has 0 N–H and O–H groups in total. The SMILES string of the molecule is COc1ccc(N2CCN(CC3CC3)CC2COc2cc(OC)cc3oc(-c4cn5nc(C)ccc5n4)cc23)cc1. The molecule has 41 heavy (non-hydrogen) atoms. The Labute approximate surface area is 239 Å². The lowest BCUT2D eigenvalue weighted by atomic mass is 10.1. The number of rotatable bonds is 9. The third kappa shape index (κ3) is 5.29. The number of nitrogens with zero attached hydrogens (tertiary/aromatic N) is 5. The molecule has 9 nitrogen and oxygen atoms in total. The van der Waals surface area contributed by atoms with Crippen LogP contribution in [-0.4, -0.2) is 72.5 Å². The Kier molecular flexibility index (Phi) is 6.66. The van der Waals surface area contributed by atoms with Gasteiger partial charge in [0.15, 0.2) is 11.4 Å². The van der Waals surface area contributed by atoms with E-state index in [-0.39, 0.29) is 6.04 Å². The Balaban J connectivity index is 1.17. The van der Waals surface area contributed by atoms with Crippen LogP contribution >= 0.6 is 0 Å². The summed E-state index contributed by atoms with van der Waals surface area (Å²) in [5.74, 6) is 3.80. The maximum absolute atomic E-state index is 6.62. The largest absolute Gasteiger partial charge is 0.497 e. The highest BCUT2D eigenvalue weighted by molar-refractivity contribution is 5.89. The standard InChI is InChI=1S/C32H35N5O4/c1-21-4-11-32-33-28(19-37(32)34-21)31-16-27-29(14-26(39-3)15-30(27)41-31)40-20-24-18-35(17-22-5-6-22)12-13-36(24)23-7-9-25(38-2)10-8-23/h4,7-11,14-16,19,22,24H,5-6,12-13,17-18,20H2,1-3H3. The van der Waals surface area contributed by atoms with Gasteiger partial charge in [-0.1, -0.05) is 0 Å². The quantitative estimate of drug-likeness (QED) is 0.239. The number of ether oxygens (including phenoxy) is 3. The van der Waals surface area contributed by atoms with Crippen LogP contribution < -0.4 is 19.1 Å². The number of imidazole rings is 1. The van der Waals surface area contributed by atoms with Crippen LogP contribution in [0.3, 0.4) is 0 Å². The summed E-state index contributed by atoms with van der Waals surface area (Å²) in [5.41, 5.74) is 4.29. The molecule has 1 aliphatic heterocycles. The topological polar surface area (TPSA) is 77.5 Å². The molecule has 1 saturated carbocycles. The van der Waals surface area contributed by atoms with Crippen molar-refractivity contribution in [1.82, 2.24) is 19.5 Å². The zero-order chi connectivity index (χ0) is 27.9. The third-order valence-electron chi connectivity index (χ3n) is 8.13. The van der Waals surface area contributed by atoms with Crippen molar-refractivity contribution in [3.8, 4) is 28.7 Å². The fourth-order valence-electron chi connectivity index (χ4n) is 5.74. The van der Waals surface area contributed by atoms with Crippen molar-refractivity contribution >= 4 is 22.3 Å². The summed E-state index contributed by atoms with van der Waals surface area (Å²) in [4.78, 5) is 9.78. The van der Waals surface area contributed by atoms with E-state index in [4.69, 9.17) is 23.6 Å². The van der Waals surface area contributed by atoms with Gasteiger partial charge in [-0.15, -0.1) is 0 Å². The fourth-order valence-corrected chi connectivity index (χ4v) is 5.74. The summed E-state index contributed by atoms with van der Waals surface area (Å²) < 4.78 is 25.7. The van der Waals surface area contributed by atoms with Crippen LogP contribution in [0, 0.1) is 12.8 Å². The van der Waals surface area contributed by atoms with Crippen molar-refractivity contribution in [2.75, 3.05) is 51.9 Å². The molecule has 2 fully saturated rings. The van der Waals surface area contributed by atoms with Crippen molar-refractivity contribution < 1.29 is 18.6 Å². The van der Waals surface area contributed by atoms with Gasteiger partial charge in [-0.25, -0.2) is 9.50 Å². The molecule has 1 saturated heterocycles. The van der Waals surface area contributed by atoms with Crippen LogP contribution in [0.25, 0.3) is 28.1 Å². The average Bonchev–Trinajstić information content (AvgIpc) is 3.54. The van der Waals surface area contributed by atoms with E-state index in [1.807, 2.05) is 55.6 Å². The smallest absolute Gasteiger partial charge is 0.155 e. The van der Waals surface area contributed by atoms with Gasteiger partial charge in [0.25, 0.3) is 0 Å². The first kappa shape index (κ1) is 25.7. The molecule has 0 spiro atoms. The lowest BCUT2D eigenvalue weighted by molar-refractivity contribution is 0.175. The van der Waals surface area contributed by atoms with Crippen molar-refractivity contribution in [3.05, 3.63) is 66.5 Å². The van der Waals surface area contributed by atoms with Crippen molar-refractivity contribution in [1.29, 1.82) is 0 Å². The van der Waals surface area contributed by atoms with Crippen LogP contribution in [-0.2, 0) is 0 Å². The van der Waals surface area contributed by atoms with Crippen LogP contribution in [0.15, 0.2) is 65.2 Å². The number of anilines is 1. The average molecular weight is 554 g/mol. The van der Waals surface area contributed by atoms with Gasteiger partial charge in [-0.3, -0.25) is 4.90 Å². The van der Waals surface area contributed by atoms with E-state index in [0.29, 0.717) is 23.7 Å². The minimum Gasteiger partial charge on any atom is -0.497 e. The molecule has 2 aromatic carbocycles. The molecular formula is C32H35N5O4. The first-order valence-corrected chi connectivity index (χ1v) is 14.3. The number of hydrogen-bond acceptors (Lipinski definition) is 8. The van der Waals surface area contributed by atoms with E-state index in [0.717, 1.165) is 59.5 Å². The molecule has 5 aromatic rings. The molecule has 1 unspecified atom stereocenters. The Morgan fingerprint density at radius 3 is 2.56 bits per heavy atom. The third-order valence-corrected chi connectivity index (χ3v) is 8.13. The molecule has 0 radical (unpaired) electrons. The summed E-state index contributed by atoms with van der Waals surface area (Å²) in [6.45, 7) is 6.64. The molecule has 0 amide bonds. The first-order valence-electron chi connectivity index (χ1n) is 14.3. The van der Waals surface area contributed by atoms with Gasteiger partial charge in [0.2, 0.25) is 0 Å². The summed E-state index contributed by atoms with van der Waals surface area (Å²) in [5, 5.41) is 5.42. The van der Waals surface area contributed by atoms with Crippen LogP contribution in [0.5, 0.6) is 17.2 Å². The Morgan fingerprint density at radius 1 is 0.951 bits per heavy atom. The predicted octanol–water partition coefficient (Wildman–Crippen LogP) is 5.45. The second-order valence-electron chi connectivity index (χ2n) is 11.1. The van der Waals surface area contributed by atoms with Gasteiger partial charge in [0, 0.05) is 44.0 Å². The van der Waals surface area contributed by atoms with Gasteiger partial charge >= 0.3 is 0 Å². The molecule has 1 aliphatic carbocycles. The summed E-state index contributed by atoms with van der Waals surface area (Å²) in [7, 11) is 3.36. The maximum Gasteiger partial charge on any atom is 0.155 e. The lowest BCUT2D eigenvalue weighted by Gasteiger charge is -2.42. The number of fused-ring (bicyclic) bond motifs is 2.